The molecule has 0 spiro atoms. The van der Waals surface area contributed by atoms with E-state index in [0.29, 0.717) is 57.9 Å². The summed E-state index contributed by atoms with van der Waals surface area (Å²) in [5, 5.41) is 17.5. The Kier molecular flexibility index (Phi) is 8.27. The zero-order chi connectivity index (χ0) is 24.6. The molecular formula is C25H31N5O5. The summed E-state index contributed by atoms with van der Waals surface area (Å²) in [7, 11) is 0. The second-order valence-electron chi connectivity index (χ2n) is 8.70. The third-order valence-electron chi connectivity index (χ3n) is 6.43. The summed E-state index contributed by atoms with van der Waals surface area (Å²) in [6.07, 6.45) is 1.07. The number of ether oxygens (including phenoxy) is 1. The first-order valence-corrected chi connectivity index (χ1v) is 12.0. The van der Waals surface area contributed by atoms with Crippen molar-refractivity contribution in [2.45, 2.75) is 18.9 Å². The van der Waals surface area contributed by atoms with Crippen molar-refractivity contribution in [2.24, 2.45) is 0 Å². The standard InChI is InChI=1S/C25H31N5O5/c31-24(27-10-12-28-14-16-35-17-15-28)23(9-6-19-4-2-1-3-5-19)29-13-11-26-22-8-7-20(30(33)34)18-21(22)25(29)32/h1-5,7-8,18,23,26H,6,9-17H2,(H,27,31). The molecule has 2 amide bonds. The highest BCUT2D eigenvalue weighted by Crippen LogP contribution is 2.27. The van der Waals surface area contributed by atoms with Gasteiger partial charge in [-0.05, 0) is 24.5 Å². The lowest BCUT2D eigenvalue weighted by Gasteiger charge is -2.31. The Hall–Kier alpha value is -3.50. The number of rotatable bonds is 9. The molecule has 186 valence electrons. The van der Waals surface area contributed by atoms with Gasteiger partial charge >= 0.3 is 0 Å². The van der Waals surface area contributed by atoms with Crippen molar-refractivity contribution in [1.29, 1.82) is 0 Å². The van der Waals surface area contributed by atoms with Crippen LogP contribution in [0.4, 0.5) is 11.4 Å². The molecule has 1 unspecified atom stereocenters. The summed E-state index contributed by atoms with van der Waals surface area (Å²) in [6, 6.07) is 13.3. The third kappa shape index (κ3) is 6.34. The number of benzene rings is 2. The third-order valence-corrected chi connectivity index (χ3v) is 6.43. The van der Waals surface area contributed by atoms with Crippen LogP contribution in [0.3, 0.4) is 0 Å². The number of carbonyl (C=O) groups excluding carboxylic acids is 2. The Morgan fingerprint density at radius 2 is 1.91 bits per heavy atom. The number of anilines is 1. The number of nitrogens with zero attached hydrogens (tertiary/aromatic N) is 3. The lowest BCUT2D eigenvalue weighted by atomic mass is 10.0. The van der Waals surface area contributed by atoms with Crippen LogP contribution in [0.5, 0.6) is 0 Å². The van der Waals surface area contributed by atoms with Crippen LogP contribution in [0.1, 0.15) is 22.3 Å². The molecule has 2 N–H and O–H groups in total. The SMILES string of the molecule is O=C(NCCN1CCOCC1)C(CCc1ccccc1)N1CCNc2ccc([N+](=O)[O-])cc2C1=O. The topological polar surface area (TPSA) is 117 Å². The van der Waals surface area contributed by atoms with Gasteiger partial charge < -0.3 is 20.3 Å². The molecule has 0 aliphatic carbocycles. The van der Waals surface area contributed by atoms with Gasteiger partial charge in [0, 0.05) is 57.1 Å². The van der Waals surface area contributed by atoms with Crippen LogP contribution in [0, 0.1) is 10.1 Å². The number of nitrogens with one attached hydrogen (secondary N) is 2. The maximum atomic E-state index is 13.6. The maximum Gasteiger partial charge on any atom is 0.270 e. The molecule has 0 radical (unpaired) electrons. The van der Waals surface area contributed by atoms with Crippen LogP contribution in [0.25, 0.3) is 0 Å². The van der Waals surface area contributed by atoms with Crippen molar-refractivity contribution in [3.8, 4) is 0 Å². The van der Waals surface area contributed by atoms with Crippen molar-refractivity contribution in [3.05, 3.63) is 69.8 Å². The van der Waals surface area contributed by atoms with Gasteiger partial charge in [-0.1, -0.05) is 30.3 Å². The average Bonchev–Trinajstić information content (AvgIpc) is 3.04. The van der Waals surface area contributed by atoms with Gasteiger partial charge in [-0.2, -0.15) is 0 Å². The Morgan fingerprint density at radius 3 is 2.66 bits per heavy atom. The van der Waals surface area contributed by atoms with E-state index in [1.165, 1.54) is 12.1 Å². The number of hydrogen-bond donors (Lipinski definition) is 2. The molecule has 0 saturated carbocycles. The predicted octanol–water partition coefficient (Wildman–Crippen LogP) is 1.91. The van der Waals surface area contributed by atoms with Gasteiger partial charge in [0.2, 0.25) is 5.91 Å². The molecule has 2 aromatic carbocycles. The molecule has 2 aromatic rings. The summed E-state index contributed by atoms with van der Waals surface area (Å²) in [6.45, 7) is 4.99. The minimum absolute atomic E-state index is 0.156. The number of amides is 2. The minimum Gasteiger partial charge on any atom is -0.383 e. The highest BCUT2D eigenvalue weighted by Gasteiger charge is 2.33. The second-order valence-corrected chi connectivity index (χ2v) is 8.70. The Balaban J connectivity index is 1.51. The first kappa shape index (κ1) is 24.6. The zero-order valence-electron chi connectivity index (χ0n) is 19.7. The molecule has 0 bridgehead atoms. The number of aryl methyl sites for hydroxylation is 1. The summed E-state index contributed by atoms with van der Waals surface area (Å²) >= 11 is 0. The number of nitro benzene ring substituents is 1. The lowest BCUT2D eigenvalue weighted by molar-refractivity contribution is -0.384. The fraction of sp³-hybridized carbons (Fsp3) is 0.440. The van der Waals surface area contributed by atoms with Crippen molar-refractivity contribution in [3.63, 3.8) is 0 Å². The van der Waals surface area contributed by atoms with E-state index in [4.69, 9.17) is 4.74 Å². The van der Waals surface area contributed by atoms with Gasteiger partial charge in [0.25, 0.3) is 11.6 Å². The number of non-ortho nitro benzene ring substituents is 1. The monoisotopic (exact) mass is 481 g/mol. The highest BCUT2D eigenvalue weighted by molar-refractivity contribution is 6.03. The maximum absolute atomic E-state index is 13.6. The smallest absolute Gasteiger partial charge is 0.270 e. The van der Waals surface area contributed by atoms with E-state index in [1.807, 2.05) is 30.3 Å². The largest absolute Gasteiger partial charge is 0.383 e. The summed E-state index contributed by atoms with van der Waals surface area (Å²) < 4.78 is 5.37. The fourth-order valence-electron chi connectivity index (χ4n) is 4.50. The van der Waals surface area contributed by atoms with Crippen molar-refractivity contribution < 1.29 is 19.2 Å². The first-order valence-electron chi connectivity index (χ1n) is 12.0. The van der Waals surface area contributed by atoms with Crippen LogP contribution in [-0.4, -0.2) is 85.1 Å². The Morgan fingerprint density at radius 1 is 1.14 bits per heavy atom. The number of nitro groups is 1. The van der Waals surface area contributed by atoms with Gasteiger partial charge in [-0.15, -0.1) is 0 Å². The summed E-state index contributed by atoms with van der Waals surface area (Å²) in [4.78, 5) is 41.5. The molecule has 2 aliphatic rings. The Bertz CT molecular complexity index is 1040. The van der Waals surface area contributed by atoms with Gasteiger partial charge in [0.15, 0.2) is 0 Å². The normalized spacial score (nSPS) is 17.1. The van der Waals surface area contributed by atoms with E-state index >= 15 is 0 Å². The van der Waals surface area contributed by atoms with Crippen molar-refractivity contribution in [2.75, 3.05) is 57.8 Å². The van der Waals surface area contributed by atoms with Crippen LogP contribution >= 0.6 is 0 Å². The molecular weight excluding hydrogens is 450 g/mol. The Labute approximate surface area is 204 Å². The number of hydrogen-bond acceptors (Lipinski definition) is 7. The second kappa shape index (κ2) is 11.8. The molecule has 4 rings (SSSR count). The van der Waals surface area contributed by atoms with E-state index < -0.39 is 11.0 Å². The predicted molar refractivity (Wildman–Crippen MR) is 131 cm³/mol. The number of fused-ring (bicyclic) bond motifs is 1. The van der Waals surface area contributed by atoms with Gasteiger partial charge in [0.05, 0.1) is 23.7 Å². The van der Waals surface area contributed by atoms with E-state index in [2.05, 4.69) is 15.5 Å². The highest BCUT2D eigenvalue weighted by atomic mass is 16.6. The summed E-state index contributed by atoms with van der Waals surface area (Å²) in [5.41, 5.74) is 1.67. The number of carbonyl (C=O) groups is 2. The molecule has 1 saturated heterocycles. The lowest BCUT2D eigenvalue weighted by Crippen LogP contribution is -2.52. The van der Waals surface area contributed by atoms with E-state index in [9.17, 15) is 19.7 Å². The molecule has 2 heterocycles. The van der Waals surface area contributed by atoms with Gasteiger partial charge in [-0.3, -0.25) is 24.6 Å². The van der Waals surface area contributed by atoms with Crippen LogP contribution < -0.4 is 10.6 Å². The molecule has 1 atom stereocenters. The fourth-order valence-corrected chi connectivity index (χ4v) is 4.50. The average molecular weight is 482 g/mol. The van der Waals surface area contributed by atoms with Gasteiger partial charge in [0.1, 0.15) is 6.04 Å². The molecule has 35 heavy (non-hydrogen) atoms. The molecule has 2 aliphatic heterocycles. The molecule has 0 aromatic heterocycles. The zero-order valence-corrected chi connectivity index (χ0v) is 19.7. The quantitative estimate of drug-likeness (QED) is 0.415. The van der Waals surface area contributed by atoms with Gasteiger partial charge in [-0.25, -0.2) is 0 Å². The number of morpholine rings is 1. The van der Waals surface area contributed by atoms with Crippen molar-refractivity contribution in [1.82, 2.24) is 15.1 Å². The van der Waals surface area contributed by atoms with Crippen LogP contribution in [0.2, 0.25) is 0 Å². The molecule has 1 fully saturated rings. The molecule has 10 nitrogen and oxygen atoms in total. The molecule has 10 heteroatoms. The van der Waals surface area contributed by atoms with Crippen LogP contribution in [0.15, 0.2) is 48.5 Å². The summed E-state index contributed by atoms with van der Waals surface area (Å²) in [5.74, 6) is -0.591. The van der Waals surface area contributed by atoms with Crippen molar-refractivity contribution >= 4 is 23.2 Å². The first-order chi connectivity index (χ1) is 17.0. The van der Waals surface area contributed by atoms with E-state index in [-0.39, 0.29) is 23.1 Å². The minimum atomic E-state index is -0.695. The van der Waals surface area contributed by atoms with Crippen LogP contribution in [-0.2, 0) is 16.0 Å². The van der Waals surface area contributed by atoms with E-state index in [0.717, 1.165) is 18.7 Å². The van der Waals surface area contributed by atoms with E-state index in [1.54, 1.807) is 11.0 Å².